The minimum atomic E-state index is -3.38. The van der Waals surface area contributed by atoms with Crippen molar-refractivity contribution in [3.05, 3.63) is 65.2 Å². The predicted octanol–water partition coefficient (Wildman–Crippen LogP) is 4.32. The molecular formula is C23H26ClF2NO5S. The smallest absolute Gasteiger partial charge is 0.325 e. The van der Waals surface area contributed by atoms with Gasteiger partial charge in [0.15, 0.2) is 9.84 Å². The van der Waals surface area contributed by atoms with Crippen LogP contribution in [-0.4, -0.2) is 39.2 Å². The molecule has 1 fully saturated rings. The van der Waals surface area contributed by atoms with Gasteiger partial charge >= 0.3 is 5.97 Å². The van der Waals surface area contributed by atoms with Crippen molar-refractivity contribution in [3.63, 3.8) is 0 Å². The average molecular weight is 502 g/mol. The Bertz CT molecular complexity index is 1000. The zero-order valence-electron chi connectivity index (χ0n) is 18.1. The third kappa shape index (κ3) is 8.74. The van der Waals surface area contributed by atoms with E-state index in [2.05, 4.69) is 10.1 Å². The van der Waals surface area contributed by atoms with Crippen LogP contribution in [0.2, 0.25) is 5.02 Å². The van der Waals surface area contributed by atoms with E-state index in [1.54, 1.807) is 12.1 Å². The van der Waals surface area contributed by atoms with Gasteiger partial charge in [-0.2, -0.15) is 0 Å². The molecule has 1 N–H and O–H groups in total. The summed E-state index contributed by atoms with van der Waals surface area (Å²) in [4.78, 5) is 23.1. The van der Waals surface area contributed by atoms with Crippen LogP contribution in [0.25, 0.3) is 0 Å². The molecule has 0 heterocycles. The molecule has 0 radical (unpaired) electrons. The first-order valence-electron chi connectivity index (χ1n) is 10.4. The summed E-state index contributed by atoms with van der Waals surface area (Å²) in [5, 5.41) is 2.58. The van der Waals surface area contributed by atoms with E-state index in [1.165, 1.54) is 19.2 Å². The summed E-state index contributed by atoms with van der Waals surface area (Å²) >= 11 is 5.81. The third-order valence-electron chi connectivity index (χ3n) is 5.31. The van der Waals surface area contributed by atoms with E-state index in [0.717, 1.165) is 24.3 Å². The molecular weight excluding hydrogens is 476 g/mol. The topological polar surface area (TPSA) is 89.5 Å². The summed E-state index contributed by atoms with van der Waals surface area (Å²) in [6.07, 6.45) is 2.69. The van der Waals surface area contributed by atoms with E-state index >= 15 is 0 Å². The average Bonchev–Trinajstić information content (AvgIpc) is 2.80. The molecule has 33 heavy (non-hydrogen) atoms. The SMILES string of the molecule is COC(=O)CNC(=O)CC1CCC(S(=O)(=O)c2ccc(Cl)cc2)CC1.Fc1ccc(F)cc1. The molecule has 0 aromatic heterocycles. The number of benzene rings is 2. The first-order valence-corrected chi connectivity index (χ1v) is 12.3. The van der Waals surface area contributed by atoms with Crippen molar-refractivity contribution in [1.29, 1.82) is 0 Å². The molecule has 0 saturated heterocycles. The Morgan fingerprint density at radius 1 is 0.970 bits per heavy atom. The monoisotopic (exact) mass is 501 g/mol. The number of nitrogens with one attached hydrogen (secondary N) is 1. The van der Waals surface area contributed by atoms with Gasteiger partial charge in [0.1, 0.15) is 18.2 Å². The van der Waals surface area contributed by atoms with Gasteiger partial charge in [0.25, 0.3) is 0 Å². The molecule has 6 nitrogen and oxygen atoms in total. The summed E-state index contributed by atoms with van der Waals surface area (Å²) in [6.45, 7) is -0.143. The summed E-state index contributed by atoms with van der Waals surface area (Å²) in [7, 11) is -2.12. The highest BCUT2D eigenvalue weighted by Gasteiger charge is 2.32. The van der Waals surface area contributed by atoms with Gasteiger partial charge in [0, 0.05) is 11.4 Å². The van der Waals surface area contributed by atoms with Crippen molar-refractivity contribution in [3.8, 4) is 0 Å². The second-order valence-corrected chi connectivity index (χ2v) is 10.3. The number of rotatable bonds is 6. The summed E-state index contributed by atoms with van der Waals surface area (Å²) in [6, 6.07) is 10.5. The Morgan fingerprint density at radius 2 is 1.48 bits per heavy atom. The van der Waals surface area contributed by atoms with Crippen LogP contribution in [0.1, 0.15) is 32.1 Å². The molecule has 1 aliphatic carbocycles. The number of ether oxygens (including phenoxy) is 1. The van der Waals surface area contributed by atoms with E-state index in [0.29, 0.717) is 37.1 Å². The first-order chi connectivity index (χ1) is 15.6. The van der Waals surface area contributed by atoms with Crippen LogP contribution < -0.4 is 5.32 Å². The Balaban J connectivity index is 0.000000405. The van der Waals surface area contributed by atoms with Gasteiger partial charge in [0.05, 0.1) is 17.3 Å². The number of hydrogen-bond donors (Lipinski definition) is 1. The Kier molecular flexibility index (Phi) is 10.2. The minimum Gasteiger partial charge on any atom is -0.468 e. The van der Waals surface area contributed by atoms with Gasteiger partial charge in [-0.05, 0) is 80.1 Å². The molecule has 0 unspecified atom stereocenters. The molecule has 1 aliphatic rings. The van der Waals surface area contributed by atoms with E-state index < -0.39 is 32.7 Å². The lowest BCUT2D eigenvalue weighted by Gasteiger charge is -2.28. The molecule has 1 saturated carbocycles. The van der Waals surface area contributed by atoms with Gasteiger partial charge in [-0.1, -0.05) is 11.6 Å². The van der Waals surface area contributed by atoms with E-state index in [9.17, 15) is 26.8 Å². The zero-order valence-corrected chi connectivity index (χ0v) is 19.7. The first kappa shape index (κ1) is 26.7. The highest BCUT2D eigenvalue weighted by molar-refractivity contribution is 7.92. The number of carbonyl (C=O) groups excluding carboxylic acids is 2. The van der Waals surface area contributed by atoms with Gasteiger partial charge < -0.3 is 10.1 Å². The van der Waals surface area contributed by atoms with Crippen LogP contribution in [0.4, 0.5) is 8.78 Å². The molecule has 180 valence electrons. The standard InChI is InChI=1S/C17H22ClNO5S.C6H4F2/c1-24-17(21)11-19-16(20)10-12-2-6-14(7-3-12)25(22,23)15-8-4-13(18)5-9-15;7-5-1-2-6(8)4-3-5/h4-5,8-9,12,14H,2-3,6-7,10-11H2,1H3,(H,19,20);1-4H. The number of methoxy groups -OCH3 is 1. The molecule has 0 spiro atoms. The largest absolute Gasteiger partial charge is 0.468 e. The molecule has 0 atom stereocenters. The van der Waals surface area contributed by atoms with Gasteiger partial charge in [-0.3, -0.25) is 9.59 Å². The van der Waals surface area contributed by atoms with Crippen molar-refractivity contribution in [2.24, 2.45) is 5.92 Å². The molecule has 0 aliphatic heterocycles. The Labute approximate surface area is 197 Å². The Hall–Kier alpha value is -2.52. The Morgan fingerprint density at radius 3 is 1.97 bits per heavy atom. The quantitative estimate of drug-likeness (QED) is 0.595. The number of amides is 1. The van der Waals surface area contributed by atoms with Crippen LogP contribution in [0.3, 0.4) is 0 Å². The maximum Gasteiger partial charge on any atom is 0.325 e. The maximum absolute atomic E-state index is 12.7. The van der Waals surface area contributed by atoms with Crippen LogP contribution in [0.15, 0.2) is 53.4 Å². The van der Waals surface area contributed by atoms with Gasteiger partial charge in [-0.25, -0.2) is 17.2 Å². The second-order valence-electron chi connectivity index (χ2n) is 7.64. The van der Waals surface area contributed by atoms with Crippen molar-refractivity contribution in [1.82, 2.24) is 5.32 Å². The summed E-state index contributed by atoms with van der Waals surface area (Å²) in [5.74, 6) is -1.40. The zero-order chi connectivity index (χ0) is 24.4. The number of esters is 1. The van der Waals surface area contributed by atoms with E-state index in [4.69, 9.17) is 11.6 Å². The second kappa shape index (κ2) is 12.6. The molecule has 10 heteroatoms. The minimum absolute atomic E-state index is 0.134. The van der Waals surface area contributed by atoms with Crippen molar-refractivity contribution >= 4 is 33.3 Å². The number of sulfone groups is 1. The van der Waals surface area contributed by atoms with Crippen LogP contribution in [0.5, 0.6) is 0 Å². The highest BCUT2D eigenvalue weighted by atomic mass is 35.5. The fraction of sp³-hybridized carbons (Fsp3) is 0.391. The lowest BCUT2D eigenvalue weighted by molar-refractivity contribution is -0.141. The number of halogens is 3. The fourth-order valence-corrected chi connectivity index (χ4v) is 5.39. The molecule has 0 bridgehead atoms. The van der Waals surface area contributed by atoms with E-state index in [-0.39, 0.29) is 23.3 Å². The van der Waals surface area contributed by atoms with Crippen LogP contribution >= 0.6 is 11.6 Å². The third-order valence-corrected chi connectivity index (χ3v) is 7.84. The number of hydrogen-bond acceptors (Lipinski definition) is 5. The predicted molar refractivity (Wildman–Crippen MR) is 120 cm³/mol. The van der Waals surface area contributed by atoms with Crippen molar-refractivity contribution in [2.75, 3.05) is 13.7 Å². The van der Waals surface area contributed by atoms with Gasteiger partial charge in [0.2, 0.25) is 5.91 Å². The van der Waals surface area contributed by atoms with E-state index in [1.807, 2.05) is 0 Å². The summed E-state index contributed by atoms with van der Waals surface area (Å²) < 4.78 is 53.6. The van der Waals surface area contributed by atoms with Crippen LogP contribution in [0, 0.1) is 17.6 Å². The van der Waals surface area contributed by atoms with Gasteiger partial charge in [-0.15, -0.1) is 0 Å². The highest BCUT2D eigenvalue weighted by Crippen LogP contribution is 2.33. The molecule has 2 aromatic carbocycles. The lowest BCUT2D eigenvalue weighted by Crippen LogP contribution is -2.33. The molecule has 2 aromatic rings. The normalized spacial score (nSPS) is 17.9. The van der Waals surface area contributed by atoms with Crippen molar-refractivity contribution < 1.29 is 31.5 Å². The summed E-state index contributed by atoms with van der Waals surface area (Å²) in [5.41, 5.74) is 0. The maximum atomic E-state index is 12.7. The van der Waals surface area contributed by atoms with Crippen LogP contribution in [-0.2, 0) is 24.2 Å². The molecule has 1 amide bonds. The van der Waals surface area contributed by atoms with Crippen molar-refractivity contribution in [2.45, 2.75) is 42.2 Å². The fourth-order valence-electron chi connectivity index (χ4n) is 3.47. The lowest BCUT2D eigenvalue weighted by atomic mass is 9.86. The molecule has 3 rings (SSSR count). The number of carbonyl (C=O) groups is 2.